The zero-order valence-electron chi connectivity index (χ0n) is 18.5. The van der Waals surface area contributed by atoms with E-state index in [9.17, 15) is 9.59 Å². The van der Waals surface area contributed by atoms with Crippen LogP contribution in [0.2, 0.25) is 0 Å². The summed E-state index contributed by atoms with van der Waals surface area (Å²) in [4.78, 5) is 25.2. The van der Waals surface area contributed by atoms with E-state index in [-0.39, 0.29) is 23.1 Å². The highest BCUT2D eigenvalue weighted by atomic mass is 16.5. The van der Waals surface area contributed by atoms with Crippen molar-refractivity contribution in [2.24, 2.45) is 5.41 Å². The third kappa shape index (κ3) is 3.67. The number of nitrogens with one attached hydrogen (secondary N) is 1. The molecule has 1 heterocycles. The Bertz CT molecular complexity index is 1080. The number of hydrogen-bond acceptors (Lipinski definition) is 6. The van der Waals surface area contributed by atoms with Gasteiger partial charge in [0.1, 0.15) is 0 Å². The Kier molecular flexibility index (Phi) is 5.25. The van der Waals surface area contributed by atoms with Crippen LogP contribution in [0.5, 0.6) is 11.5 Å². The number of anilines is 1. The van der Waals surface area contributed by atoms with E-state index in [2.05, 4.69) is 19.2 Å². The van der Waals surface area contributed by atoms with Crippen molar-refractivity contribution in [2.75, 3.05) is 26.6 Å². The zero-order chi connectivity index (χ0) is 22.3. The lowest BCUT2D eigenvalue weighted by Crippen LogP contribution is -2.33. The van der Waals surface area contributed by atoms with Gasteiger partial charge in [0.2, 0.25) is 0 Å². The second-order valence-corrected chi connectivity index (χ2v) is 8.80. The Morgan fingerprint density at radius 3 is 2.26 bits per heavy atom. The van der Waals surface area contributed by atoms with Crippen LogP contribution in [0.15, 0.2) is 47.7 Å². The van der Waals surface area contributed by atoms with E-state index < -0.39 is 0 Å². The predicted molar refractivity (Wildman–Crippen MR) is 118 cm³/mol. The first-order chi connectivity index (χ1) is 14.8. The van der Waals surface area contributed by atoms with Gasteiger partial charge >= 0.3 is 5.97 Å². The maximum Gasteiger partial charge on any atom is 0.337 e. The molecule has 2 aromatic carbocycles. The number of allylic oxidation sites excluding steroid dienone is 2. The molecule has 0 aromatic heterocycles. The van der Waals surface area contributed by atoms with Gasteiger partial charge < -0.3 is 19.5 Å². The van der Waals surface area contributed by atoms with E-state index in [1.807, 2.05) is 24.3 Å². The van der Waals surface area contributed by atoms with E-state index in [1.165, 1.54) is 7.11 Å². The van der Waals surface area contributed by atoms with Gasteiger partial charge in [-0.2, -0.15) is 0 Å². The SMILES string of the molecule is COC(=O)c1ccc([C@@H]2C3=C(CC(C)(C)CC3=O)Nc3cc(OC)c(OC)cc32)cc1. The van der Waals surface area contributed by atoms with E-state index in [1.54, 1.807) is 26.4 Å². The van der Waals surface area contributed by atoms with Crippen molar-refractivity contribution < 1.29 is 23.8 Å². The predicted octanol–water partition coefficient (Wildman–Crippen LogP) is 4.69. The first-order valence-electron chi connectivity index (χ1n) is 10.3. The number of ketones is 1. The molecule has 0 unspecified atom stereocenters. The number of methoxy groups -OCH3 is 3. The number of rotatable bonds is 4. The Morgan fingerprint density at radius 1 is 1.00 bits per heavy atom. The lowest BCUT2D eigenvalue weighted by Gasteiger charge is -2.39. The highest BCUT2D eigenvalue weighted by Crippen LogP contribution is 2.51. The molecule has 0 radical (unpaired) electrons. The minimum atomic E-state index is -0.390. The maximum atomic E-state index is 13.3. The molecule has 6 nitrogen and oxygen atoms in total. The highest BCUT2D eigenvalue weighted by Gasteiger charge is 2.41. The van der Waals surface area contributed by atoms with Crippen LogP contribution in [0.25, 0.3) is 0 Å². The van der Waals surface area contributed by atoms with Gasteiger partial charge in [-0.05, 0) is 41.2 Å². The smallest absolute Gasteiger partial charge is 0.337 e. The fourth-order valence-corrected chi connectivity index (χ4v) is 4.62. The topological polar surface area (TPSA) is 73.9 Å². The molecule has 2 aromatic rings. The molecule has 31 heavy (non-hydrogen) atoms. The largest absolute Gasteiger partial charge is 0.493 e. The zero-order valence-corrected chi connectivity index (χ0v) is 18.5. The van der Waals surface area contributed by atoms with Gasteiger partial charge in [-0.1, -0.05) is 26.0 Å². The molecule has 1 atom stereocenters. The number of ether oxygens (including phenoxy) is 3. The Morgan fingerprint density at radius 2 is 1.65 bits per heavy atom. The quantitative estimate of drug-likeness (QED) is 0.722. The summed E-state index contributed by atoms with van der Waals surface area (Å²) >= 11 is 0. The monoisotopic (exact) mass is 421 g/mol. The Balaban J connectivity index is 1.90. The molecule has 1 aliphatic carbocycles. The number of hydrogen-bond donors (Lipinski definition) is 1. The average molecular weight is 421 g/mol. The molecule has 4 rings (SSSR count). The molecule has 0 spiro atoms. The van der Waals surface area contributed by atoms with Crippen molar-refractivity contribution in [3.8, 4) is 11.5 Å². The first-order valence-corrected chi connectivity index (χ1v) is 10.3. The summed E-state index contributed by atoms with van der Waals surface area (Å²) in [5.41, 5.74) is 4.85. The van der Waals surface area contributed by atoms with Crippen LogP contribution in [-0.4, -0.2) is 33.1 Å². The van der Waals surface area contributed by atoms with Crippen LogP contribution in [0, 0.1) is 5.41 Å². The second-order valence-electron chi connectivity index (χ2n) is 8.80. The van der Waals surface area contributed by atoms with Gasteiger partial charge in [-0.3, -0.25) is 4.79 Å². The molecule has 1 aliphatic heterocycles. The van der Waals surface area contributed by atoms with Crippen LogP contribution in [0.3, 0.4) is 0 Å². The number of esters is 1. The van der Waals surface area contributed by atoms with E-state index >= 15 is 0 Å². The van der Waals surface area contributed by atoms with Crippen LogP contribution in [0.1, 0.15) is 54.1 Å². The summed E-state index contributed by atoms with van der Waals surface area (Å²) < 4.78 is 15.8. The van der Waals surface area contributed by atoms with E-state index in [4.69, 9.17) is 14.2 Å². The third-order valence-corrected chi connectivity index (χ3v) is 6.03. The van der Waals surface area contributed by atoms with Crippen LogP contribution < -0.4 is 14.8 Å². The Labute approximate surface area is 182 Å². The Hall–Kier alpha value is -3.28. The van der Waals surface area contributed by atoms with Crippen molar-refractivity contribution in [1.82, 2.24) is 0 Å². The van der Waals surface area contributed by atoms with Crippen molar-refractivity contribution in [3.05, 3.63) is 64.4 Å². The number of Topliss-reactive ketones (excluding diaryl/α,β-unsaturated/α-hetero) is 1. The van der Waals surface area contributed by atoms with Crippen LogP contribution >= 0.6 is 0 Å². The molecule has 6 heteroatoms. The molecular weight excluding hydrogens is 394 g/mol. The van der Waals surface area contributed by atoms with Gasteiger partial charge in [0, 0.05) is 35.4 Å². The standard InChI is InChI=1S/C25H27NO5/c1-25(2)12-18-23(19(27)13-25)22(14-6-8-15(9-7-14)24(28)31-5)16-10-20(29-3)21(30-4)11-17(16)26-18/h6-11,22,26H,12-13H2,1-5H3/t22-/m0/s1. The molecule has 0 bridgehead atoms. The molecule has 0 saturated carbocycles. The molecule has 0 fully saturated rings. The summed E-state index contributed by atoms with van der Waals surface area (Å²) in [6, 6.07) is 11.1. The van der Waals surface area contributed by atoms with Crippen LogP contribution in [0.4, 0.5) is 5.69 Å². The van der Waals surface area contributed by atoms with Gasteiger partial charge in [0.05, 0.1) is 26.9 Å². The summed E-state index contributed by atoms with van der Waals surface area (Å²) in [6.45, 7) is 4.22. The summed E-state index contributed by atoms with van der Waals surface area (Å²) in [7, 11) is 4.56. The van der Waals surface area contributed by atoms with Gasteiger partial charge in [0.15, 0.2) is 17.3 Å². The lowest BCUT2D eigenvalue weighted by molar-refractivity contribution is -0.118. The summed E-state index contributed by atoms with van der Waals surface area (Å²) in [5.74, 6) is 0.715. The third-order valence-electron chi connectivity index (χ3n) is 6.03. The van der Waals surface area contributed by atoms with Crippen molar-refractivity contribution in [1.29, 1.82) is 0 Å². The number of carbonyl (C=O) groups is 2. The fourth-order valence-electron chi connectivity index (χ4n) is 4.62. The molecule has 0 amide bonds. The molecular formula is C25H27NO5. The van der Waals surface area contributed by atoms with Crippen LogP contribution in [-0.2, 0) is 9.53 Å². The fraction of sp³-hybridized carbons (Fsp3) is 0.360. The molecule has 2 aliphatic rings. The molecule has 1 N–H and O–H groups in total. The van der Waals surface area contributed by atoms with Gasteiger partial charge in [-0.25, -0.2) is 4.79 Å². The number of carbonyl (C=O) groups excluding carboxylic acids is 2. The summed E-state index contributed by atoms with van der Waals surface area (Å²) in [6.07, 6.45) is 1.27. The van der Waals surface area contributed by atoms with Crippen molar-refractivity contribution in [2.45, 2.75) is 32.6 Å². The van der Waals surface area contributed by atoms with E-state index in [0.717, 1.165) is 34.5 Å². The lowest BCUT2D eigenvalue weighted by atomic mass is 9.68. The minimum absolute atomic E-state index is 0.115. The van der Waals surface area contributed by atoms with E-state index in [0.29, 0.717) is 23.5 Å². The van der Waals surface area contributed by atoms with Gasteiger partial charge in [-0.15, -0.1) is 0 Å². The highest BCUT2D eigenvalue weighted by molar-refractivity contribution is 6.02. The first kappa shape index (κ1) is 21.0. The van der Waals surface area contributed by atoms with Gasteiger partial charge in [0.25, 0.3) is 0 Å². The van der Waals surface area contributed by atoms with Crippen molar-refractivity contribution >= 4 is 17.4 Å². The average Bonchev–Trinajstić information content (AvgIpc) is 2.75. The maximum absolute atomic E-state index is 13.3. The number of fused-ring (bicyclic) bond motifs is 1. The summed E-state index contributed by atoms with van der Waals surface area (Å²) in [5, 5.41) is 3.50. The molecule has 162 valence electrons. The second kappa shape index (κ2) is 7.76. The minimum Gasteiger partial charge on any atom is -0.493 e. The number of benzene rings is 2. The molecule has 0 saturated heterocycles. The normalized spacial score (nSPS) is 19.1. The van der Waals surface area contributed by atoms with Crippen molar-refractivity contribution in [3.63, 3.8) is 0 Å².